The molecule has 1 aromatic carbocycles. The van der Waals surface area contributed by atoms with Crippen LogP contribution in [0.5, 0.6) is 5.75 Å². The van der Waals surface area contributed by atoms with Crippen LogP contribution in [0.15, 0.2) is 10.5 Å². The molecule has 1 aliphatic rings. The molecule has 0 aliphatic heterocycles. The smallest absolute Gasteiger partial charge is 0.136 e. The van der Waals surface area contributed by atoms with Gasteiger partial charge in [-0.05, 0) is 47.3 Å². The molecule has 0 amide bonds. The molecule has 1 saturated carbocycles. The number of benzene rings is 1. The third kappa shape index (κ3) is 2.09. The summed E-state index contributed by atoms with van der Waals surface area (Å²) < 4.78 is 19.4. The predicted octanol–water partition coefficient (Wildman–Crippen LogP) is 2.97. The van der Waals surface area contributed by atoms with E-state index in [1.54, 1.807) is 14.0 Å². The summed E-state index contributed by atoms with van der Waals surface area (Å²) >= 11 is 3.27. The van der Waals surface area contributed by atoms with Crippen LogP contribution in [0.1, 0.15) is 24.0 Å². The third-order valence-electron chi connectivity index (χ3n) is 3.09. The van der Waals surface area contributed by atoms with Crippen LogP contribution in [0, 0.1) is 12.7 Å². The van der Waals surface area contributed by atoms with Crippen molar-refractivity contribution < 1.29 is 14.2 Å². The molecule has 0 atom stereocenters. The van der Waals surface area contributed by atoms with Crippen LogP contribution in [0.2, 0.25) is 0 Å². The third-order valence-corrected chi connectivity index (χ3v) is 3.68. The number of ether oxygens (including phenoxy) is 1. The SMILES string of the molecule is COc1c(Br)cc(F)c(C)c1CC1(O)CC1. The van der Waals surface area contributed by atoms with Crippen molar-refractivity contribution in [3.05, 3.63) is 27.5 Å². The highest BCUT2D eigenvalue weighted by Gasteiger charge is 2.41. The Labute approximate surface area is 103 Å². The summed E-state index contributed by atoms with van der Waals surface area (Å²) in [6.07, 6.45) is 2.02. The van der Waals surface area contributed by atoms with Crippen LogP contribution in [0.3, 0.4) is 0 Å². The van der Waals surface area contributed by atoms with Gasteiger partial charge in [-0.25, -0.2) is 4.39 Å². The Morgan fingerprint density at radius 3 is 2.69 bits per heavy atom. The highest BCUT2D eigenvalue weighted by atomic mass is 79.9. The minimum absolute atomic E-state index is 0.271. The highest BCUT2D eigenvalue weighted by Crippen LogP contribution is 2.43. The molecule has 1 N–H and O–H groups in total. The zero-order valence-corrected chi connectivity index (χ0v) is 10.9. The van der Waals surface area contributed by atoms with E-state index in [1.807, 2.05) is 0 Å². The normalized spacial score (nSPS) is 17.3. The standard InChI is InChI=1S/C12H14BrFO2/c1-7-8(6-12(15)3-4-12)11(16-2)9(13)5-10(7)14/h5,15H,3-4,6H2,1-2H3. The second-order valence-electron chi connectivity index (χ2n) is 4.38. The number of hydrogen-bond acceptors (Lipinski definition) is 2. The average Bonchev–Trinajstić information content (AvgIpc) is 2.93. The molecule has 2 rings (SSSR count). The van der Waals surface area contributed by atoms with Gasteiger partial charge >= 0.3 is 0 Å². The Bertz CT molecular complexity index is 428. The number of hydrogen-bond donors (Lipinski definition) is 1. The van der Waals surface area contributed by atoms with E-state index in [-0.39, 0.29) is 5.82 Å². The Balaban J connectivity index is 2.47. The van der Waals surface area contributed by atoms with Crippen LogP contribution >= 0.6 is 15.9 Å². The quantitative estimate of drug-likeness (QED) is 0.927. The van der Waals surface area contributed by atoms with E-state index in [2.05, 4.69) is 15.9 Å². The van der Waals surface area contributed by atoms with Gasteiger partial charge in [-0.1, -0.05) is 0 Å². The molecule has 4 heteroatoms. The number of halogens is 2. The van der Waals surface area contributed by atoms with Crippen LogP contribution in [0.4, 0.5) is 4.39 Å². The predicted molar refractivity (Wildman–Crippen MR) is 63.3 cm³/mol. The maximum absolute atomic E-state index is 13.6. The van der Waals surface area contributed by atoms with Crippen molar-refractivity contribution in [1.82, 2.24) is 0 Å². The van der Waals surface area contributed by atoms with E-state index in [4.69, 9.17) is 4.74 Å². The van der Waals surface area contributed by atoms with Gasteiger partial charge in [0, 0.05) is 12.0 Å². The first-order valence-corrected chi connectivity index (χ1v) is 6.00. The van der Waals surface area contributed by atoms with Crippen LogP contribution < -0.4 is 4.74 Å². The Kier molecular flexibility index (Phi) is 2.97. The molecule has 2 nitrogen and oxygen atoms in total. The summed E-state index contributed by atoms with van der Waals surface area (Å²) in [5, 5.41) is 9.92. The number of aliphatic hydroxyl groups is 1. The first-order chi connectivity index (χ1) is 7.47. The van der Waals surface area contributed by atoms with E-state index in [0.717, 1.165) is 18.4 Å². The summed E-state index contributed by atoms with van der Waals surface area (Å²) in [5.41, 5.74) is 0.667. The zero-order chi connectivity index (χ0) is 11.9. The number of rotatable bonds is 3. The number of methoxy groups -OCH3 is 1. The molecule has 0 aromatic heterocycles. The van der Waals surface area contributed by atoms with Gasteiger partial charge in [0.15, 0.2) is 0 Å². The monoisotopic (exact) mass is 288 g/mol. The second-order valence-corrected chi connectivity index (χ2v) is 5.23. The molecule has 16 heavy (non-hydrogen) atoms. The lowest BCUT2D eigenvalue weighted by Crippen LogP contribution is -2.13. The Morgan fingerprint density at radius 1 is 1.56 bits per heavy atom. The Hall–Kier alpha value is -0.610. The summed E-state index contributed by atoms with van der Waals surface area (Å²) in [6.45, 7) is 1.71. The molecule has 0 heterocycles. The van der Waals surface area contributed by atoms with E-state index in [9.17, 15) is 9.50 Å². The van der Waals surface area contributed by atoms with Crippen molar-refractivity contribution >= 4 is 15.9 Å². The maximum Gasteiger partial charge on any atom is 0.136 e. The van der Waals surface area contributed by atoms with Gasteiger partial charge in [0.05, 0.1) is 17.2 Å². The second kappa shape index (κ2) is 4.00. The maximum atomic E-state index is 13.6. The van der Waals surface area contributed by atoms with Crippen molar-refractivity contribution in [2.75, 3.05) is 7.11 Å². The van der Waals surface area contributed by atoms with Crippen molar-refractivity contribution in [3.63, 3.8) is 0 Å². The van der Waals surface area contributed by atoms with Gasteiger partial charge in [-0.15, -0.1) is 0 Å². The van der Waals surface area contributed by atoms with Crippen molar-refractivity contribution in [2.45, 2.75) is 31.8 Å². The summed E-state index contributed by atoms with van der Waals surface area (Å²) in [4.78, 5) is 0. The van der Waals surface area contributed by atoms with E-state index in [1.165, 1.54) is 6.07 Å². The van der Waals surface area contributed by atoms with Crippen LogP contribution in [0.25, 0.3) is 0 Å². The molecule has 1 fully saturated rings. The van der Waals surface area contributed by atoms with Crippen LogP contribution in [-0.2, 0) is 6.42 Å². The van der Waals surface area contributed by atoms with E-state index < -0.39 is 5.60 Å². The molecular formula is C12H14BrFO2. The minimum atomic E-state index is -0.648. The fourth-order valence-corrected chi connectivity index (χ4v) is 2.43. The topological polar surface area (TPSA) is 29.5 Å². The van der Waals surface area contributed by atoms with Gasteiger partial charge in [0.25, 0.3) is 0 Å². The van der Waals surface area contributed by atoms with Gasteiger partial charge < -0.3 is 9.84 Å². The van der Waals surface area contributed by atoms with Crippen molar-refractivity contribution in [1.29, 1.82) is 0 Å². The molecular weight excluding hydrogens is 275 g/mol. The lowest BCUT2D eigenvalue weighted by atomic mass is 9.99. The molecule has 1 aromatic rings. The summed E-state index contributed by atoms with van der Waals surface area (Å²) in [6, 6.07) is 1.40. The van der Waals surface area contributed by atoms with Crippen LogP contribution in [-0.4, -0.2) is 17.8 Å². The first-order valence-electron chi connectivity index (χ1n) is 5.21. The summed E-state index contributed by atoms with van der Waals surface area (Å²) in [7, 11) is 1.55. The van der Waals surface area contributed by atoms with Gasteiger partial charge in [0.2, 0.25) is 0 Å². The first kappa shape index (κ1) is 11.9. The largest absolute Gasteiger partial charge is 0.495 e. The van der Waals surface area contributed by atoms with Crippen molar-refractivity contribution in [2.24, 2.45) is 0 Å². The van der Waals surface area contributed by atoms with Gasteiger partial charge in [-0.3, -0.25) is 0 Å². The fraction of sp³-hybridized carbons (Fsp3) is 0.500. The molecule has 0 saturated heterocycles. The van der Waals surface area contributed by atoms with E-state index >= 15 is 0 Å². The van der Waals surface area contributed by atoms with Gasteiger partial charge in [-0.2, -0.15) is 0 Å². The lowest BCUT2D eigenvalue weighted by molar-refractivity contribution is 0.149. The zero-order valence-electron chi connectivity index (χ0n) is 9.31. The Morgan fingerprint density at radius 2 is 2.19 bits per heavy atom. The molecule has 88 valence electrons. The summed E-state index contributed by atoms with van der Waals surface area (Å²) in [5.74, 6) is 0.353. The highest BCUT2D eigenvalue weighted by molar-refractivity contribution is 9.10. The van der Waals surface area contributed by atoms with Crippen molar-refractivity contribution in [3.8, 4) is 5.75 Å². The molecule has 0 bridgehead atoms. The molecule has 1 aliphatic carbocycles. The minimum Gasteiger partial charge on any atom is -0.495 e. The fourth-order valence-electron chi connectivity index (χ4n) is 1.83. The lowest BCUT2D eigenvalue weighted by Gasteiger charge is -2.16. The van der Waals surface area contributed by atoms with Gasteiger partial charge in [0.1, 0.15) is 11.6 Å². The molecule has 0 spiro atoms. The molecule has 0 unspecified atom stereocenters. The van der Waals surface area contributed by atoms with E-state index in [0.29, 0.717) is 22.2 Å². The molecule has 0 radical (unpaired) electrons. The average molecular weight is 289 g/mol.